The van der Waals surface area contributed by atoms with Crippen LogP contribution in [0.25, 0.3) is 22.1 Å². The summed E-state index contributed by atoms with van der Waals surface area (Å²) in [5.41, 5.74) is 1.75. The first-order valence-corrected chi connectivity index (χ1v) is 8.94. The van der Waals surface area contributed by atoms with E-state index in [9.17, 15) is 9.59 Å². The van der Waals surface area contributed by atoms with Gasteiger partial charge in [0.1, 0.15) is 11.3 Å². The monoisotopic (exact) mass is 398 g/mol. The summed E-state index contributed by atoms with van der Waals surface area (Å²) in [6, 6.07) is 10.2. The molecule has 0 saturated heterocycles. The van der Waals surface area contributed by atoms with E-state index in [1.807, 2.05) is 6.92 Å². The smallest absolute Gasteiger partial charge is 0.346 e. The highest BCUT2D eigenvalue weighted by Crippen LogP contribution is 2.34. The van der Waals surface area contributed by atoms with Gasteiger partial charge in [0.15, 0.2) is 17.6 Å². The van der Waals surface area contributed by atoms with Crippen molar-refractivity contribution in [2.75, 3.05) is 21.3 Å². The zero-order chi connectivity index (χ0) is 21.1. The highest BCUT2D eigenvalue weighted by Gasteiger charge is 2.18. The molecular weight excluding hydrogens is 376 g/mol. The van der Waals surface area contributed by atoms with Crippen molar-refractivity contribution < 1.29 is 28.2 Å². The van der Waals surface area contributed by atoms with Crippen molar-refractivity contribution in [1.29, 1.82) is 0 Å². The molecular formula is C22H22O7. The van der Waals surface area contributed by atoms with Gasteiger partial charge >= 0.3 is 11.6 Å². The summed E-state index contributed by atoms with van der Waals surface area (Å²) >= 11 is 0. The lowest BCUT2D eigenvalue weighted by molar-refractivity contribution is -0.147. The number of rotatable bonds is 6. The van der Waals surface area contributed by atoms with Crippen LogP contribution in [0.1, 0.15) is 12.5 Å². The molecule has 152 valence electrons. The Kier molecular flexibility index (Phi) is 5.77. The molecule has 0 bridgehead atoms. The van der Waals surface area contributed by atoms with E-state index in [1.54, 1.807) is 50.4 Å². The maximum Gasteiger partial charge on any atom is 0.346 e. The summed E-state index contributed by atoms with van der Waals surface area (Å²) in [6.07, 6.45) is -0.765. The lowest BCUT2D eigenvalue weighted by Gasteiger charge is -2.14. The molecule has 1 heterocycles. The summed E-state index contributed by atoms with van der Waals surface area (Å²) in [4.78, 5) is 24.3. The van der Waals surface area contributed by atoms with Crippen LogP contribution in [0.3, 0.4) is 0 Å². The van der Waals surface area contributed by atoms with Gasteiger partial charge in [0, 0.05) is 5.39 Å². The maximum atomic E-state index is 12.7. The molecule has 0 amide bonds. The largest absolute Gasteiger partial charge is 0.493 e. The van der Waals surface area contributed by atoms with E-state index in [0.717, 1.165) is 5.56 Å². The molecule has 0 aliphatic rings. The molecule has 1 atom stereocenters. The summed E-state index contributed by atoms with van der Waals surface area (Å²) < 4.78 is 26.4. The molecule has 7 heteroatoms. The summed E-state index contributed by atoms with van der Waals surface area (Å²) in [7, 11) is 4.38. The number of ether oxygens (including phenoxy) is 4. The molecule has 0 spiro atoms. The molecule has 29 heavy (non-hydrogen) atoms. The first kappa shape index (κ1) is 20.3. The van der Waals surface area contributed by atoms with Gasteiger partial charge in [-0.05, 0) is 55.3 Å². The van der Waals surface area contributed by atoms with Gasteiger partial charge in [-0.3, -0.25) is 0 Å². The van der Waals surface area contributed by atoms with Crippen LogP contribution in [-0.2, 0) is 9.53 Å². The Morgan fingerprint density at radius 2 is 1.72 bits per heavy atom. The quantitative estimate of drug-likeness (QED) is 0.462. The van der Waals surface area contributed by atoms with Crippen molar-refractivity contribution >= 4 is 16.9 Å². The average Bonchev–Trinajstić information content (AvgIpc) is 2.73. The minimum atomic E-state index is -0.765. The van der Waals surface area contributed by atoms with Gasteiger partial charge in [0.2, 0.25) is 0 Å². The number of hydrogen-bond acceptors (Lipinski definition) is 7. The molecule has 0 radical (unpaired) electrons. The Morgan fingerprint density at radius 1 is 1.00 bits per heavy atom. The minimum absolute atomic E-state index is 0.414. The normalized spacial score (nSPS) is 11.8. The molecule has 0 N–H and O–H groups in total. The van der Waals surface area contributed by atoms with Crippen LogP contribution in [0.15, 0.2) is 45.6 Å². The number of carbonyl (C=O) groups is 1. The SMILES string of the molecule is COC(=O)C(C)Oc1ccc2oc(=O)c(-c3ccc(OC)c(OC)c3)c(C)c2c1. The summed E-state index contributed by atoms with van der Waals surface area (Å²) in [5.74, 6) is 1.05. The van der Waals surface area contributed by atoms with Crippen molar-refractivity contribution in [3.8, 4) is 28.4 Å². The van der Waals surface area contributed by atoms with E-state index in [4.69, 9.17) is 18.6 Å². The number of methoxy groups -OCH3 is 3. The fraction of sp³-hybridized carbons (Fsp3) is 0.273. The average molecular weight is 398 g/mol. The number of hydrogen-bond donors (Lipinski definition) is 0. The Labute approximate surface area is 167 Å². The Balaban J connectivity index is 2.12. The predicted octanol–water partition coefficient (Wildman–Crippen LogP) is 3.73. The first-order chi connectivity index (χ1) is 13.9. The van der Waals surface area contributed by atoms with Crippen molar-refractivity contribution in [3.05, 3.63) is 52.4 Å². The molecule has 0 aliphatic heterocycles. The predicted molar refractivity (Wildman–Crippen MR) is 108 cm³/mol. The van der Waals surface area contributed by atoms with E-state index < -0.39 is 17.7 Å². The van der Waals surface area contributed by atoms with Crippen LogP contribution in [0.4, 0.5) is 0 Å². The van der Waals surface area contributed by atoms with Crippen LogP contribution in [0.5, 0.6) is 17.2 Å². The second kappa shape index (κ2) is 8.26. The third kappa shape index (κ3) is 3.89. The van der Waals surface area contributed by atoms with Crippen molar-refractivity contribution in [3.63, 3.8) is 0 Å². The lowest BCUT2D eigenvalue weighted by Crippen LogP contribution is -2.24. The van der Waals surface area contributed by atoms with Crippen molar-refractivity contribution in [1.82, 2.24) is 0 Å². The fourth-order valence-corrected chi connectivity index (χ4v) is 3.15. The van der Waals surface area contributed by atoms with Gasteiger partial charge in [-0.1, -0.05) is 6.07 Å². The van der Waals surface area contributed by atoms with Gasteiger partial charge < -0.3 is 23.4 Å². The van der Waals surface area contributed by atoms with Crippen LogP contribution in [-0.4, -0.2) is 33.4 Å². The van der Waals surface area contributed by atoms with E-state index >= 15 is 0 Å². The standard InChI is InChI=1S/C22H22O7/c1-12-16-11-15(28-13(2)21(23)27-5)7-9-17(16)29-22(24)20(12)14-6-8-18(25-3)19(10-14)26-4/h6-11,13H,1-5H3. The molecule has 7 nitrogen and oxygen atoms in total. The van der Waals surface area contributed by atoms with E-state index in [-0.39, 0.29) is 0 Å². The number of esters is 1. The molecule has 1 aromatic heterocycles. The second-order valence-corrected chi connectivity index (χ2v) is 6.40. The third-order valence-electron chi connectivity index (χ3n) is 4.66. The second-order valence-electron chi connectivity index (χ2n) is 6.40. The zero-order valence-electron chi connectivity index (χ0n) is 16.9. The fourth-order valence-electron chi connectivity index (χ4n) is 3.15. The van der Waals surface area contributed by atoms with E-state index in [2.05, 4.69) is 4.74 Å². The third-order valence-corrected chi connectivity index (χ3v) is 4.66. The molecule has 2 aromatic carbocycles. The highest BCUT2D eigenvalue weighted by molar-refractivity contribution is 5.88. The van der Waals surface area contributed by atoms with Crippen molar-refractivity contribution in [2.24, 2.45) is 0 Å². The molecule has 0 aliphatic carbocycles. The molecule has 0 fully saturated rings. The van der Waals surface area contributed by atoms with Crippen molar-refractivity contribution in [2.45, 2.75) is 20.0 Å². The Morgan fingerprint density at radius 3 is 2.38 bits per heavy atom. The molecule has 1 unspecified atom stereocenters. The van der Waals surface area contributed by atoms with Crippen LogP contribution in [0.2, 0.25) is 0 Å². The molecule has 3 aromatic rings. The van der Waals surface area contributed by atoms with E-state index in [0.29, 0.717) is 39.3 Å². The number of aryl methyl sites for hydroxylation is 1. The zero-order valence-corrected chi connectivity index (χ0v) is 16.9. The summed E-state index contributed by atoms with van der Waals surface area (Å²) in [5, 5.41) is 0.698. The van der Waals surface area contributed by atoms with Crippen LogP contribution >= 0.6 is 0 Å². The highest BCUT2D eigenvalue weighted by atomic mass is 16.6. The van der Waals surface area contributed by atoms with Gasteiger partial charge in [-0.25, -0.2) is 9.59 Å². The number of fused-ring (bicyclic) bond motifs is 1. The molecule has 3 rings (SSSR count). The Hall–Kier alpha value is -3.48. The lowest BCUT2D eigenvalue weighted by atomic mass is 9.99. The van der Waals surface area contributed by atoms with E-state index in [1.165, 1.54) is 14.2 Å². The van der Waals surface area contributed by atoms with Crippen LogP contribution in [0, 0.1) is 6.92 Å². The topological polar surface area (TPSA) is 84.2 Å². The first-order valence-electron chi connectivity index (χ1n) is 8.94. The molecule has 0 saturated carbocycles. The number of carbonyl (C=O) groups excluding carboxylic acids is 1. The summed E-state index contributed by atoms with van der Waals surface area (Å²) in [6.45, 7) is 3.43. The number of benzene rings is 2. The van der Waals surface area contributed by atoms with Gasteiger partial charge in [-0.15, -0.1) is 0 Å². The van der Waals surface area contributed by atoms with Gasteiger partial charge in [0.05, 0.1) is 26.9 Å². The van der Waals surface area contributed by atoms with Gasteiger partial charge in [0.25, 0.3) is 0 Å². The maximum absolute atomic E-state index is 12.7. The van der Waals surface area contributed by atoms with Gasteiger partial charge in [-0.2, -0.15) is 0 Å². The Bertz CT molecular complexity index is 1110. The van der Waals surface area contributed by atoms with Crippen LogP contribution < -0.4 is 19.8 Å². The minimum Gasteiger partial charge on any atom is -0.493 e.